The van der Waals surface area contributed by atoms with Gasteiger partial charge < -0.3 is 4.74 Å². The molecule has 1 heterocycles. The molecule has 1 saturated carbocycles. The first-order valence-corrected chi connectivity index (χ1v) is 10.9. The maximum absolute atomic E-state index is 12.8. The number of fused-ring (bicyclic) bond motifs is 1. The van der Waals surface area contributed by atoms with Crippen LogP contribution < -0.4 is 0 Å². The first kappa shape index (κ1) is 22.6. The highest BCUT2D eigenvalue weighted by Gasteiger charge is 2.52. The minimum Gasteiger partial charge on any atom is -0.357 e. The van der Waals surface area contributed by atoms with Crippen molar-refractivity contribution in [1.82, 2.24) is 0 Å². The molecule has 0 radical (unpaired) electrons. The average Bonchev–Trinajstić information content (AvgIpc) is 3.33. The Morgan fingerprint density at radius 2 is 1.90 bits per heavy atom. The van der Waals surface area contributed by atoms with Gasteiger partial charge in [0.2, 0.25) is 0 Å². The zero-order chi connectivity index (χ0) is 22.4. The maximum atomic E-state index is 12.8. The summed E-state index contributed by atoms with van der Waals surface area (Å²) < 4.78 is 5.93. The van der Waals surface area contributed by atoms with Gasteiger partial charge in [-0.15, -0.1) is 0 Å². The second-order valence-electron chi connectivity index (χ2n) is 9.69. The Bertz CT molecular complexity index is 900. The first-order chi connectivity index (χ1) is 13.9. The number of carbonyl (C=O) groups excluding carboxylic acids is 3. The second kappa shape index (κ2) is 8.22. The Kier molecular flexibility index (Phi) is 6.20. The molecule has 0 bridgehead atoms. The molecule has 2 fully saturated rings. The molecule has 30 heavy (non-hydrogen) atoms. The van der Waals surface area contributed by atoms with Gasteiger partial charge >= 0.3 is 0 Å². The molecule has 1 saturated heterocycles. The van der Waals surface area contributed by atoms with E-state index < -0.39 is 5.60 Å². The summed E-state index contributed by atoms with van der Waals surface area (Å²) in [7, 11) is 0. The van der Waals surface area contributed by atoms with Gasteiger partial charge in [0.25, 0.3) is 0 Å². The lowest BCUT2D eigenvalue weighted by atomic mass is 9.61. The van der Waals surface area contributed by atoms with E-state index in [1.807, 2.05) is 33.8 Å². The van der Waals surface area contributed by atoms with Crippen LogP contribution >= 0.6 is 0 Å². The molecule has 162 valence electrons. The minimum absolute atomic E-state index is 0.000123. The summed E-state index contributed by atoms with van der Waals surface area (Å²) in [4.78, 5) is 36.2. The second-order valence-corrected chi connectivity index (χ2v) is 9.69. The van der Waals surface area contributed by atoms with Crippen LogP contribution in [-0.2, 0) is 19.1 Å². The van der Waals surface area contributed by atoms with Crippen molar-refractivity contribution in [2.24, 2.45) is 23.7 Å². The third-order valence-corrected chi connectivity index (χ3v) is 6.92. The van der Waals surface area contributed by atoms with Crippen LogP contribution in [-0.4, -0.2) is 29.1 Å². The van der Waals surface area contributed by atoms with Crippen molar-refractivity contribution in [2.75, 3.05) is 0 Å². The molecule has 1 aliphatic heterocycles. The Morgan fingerprint density at radius 3 is 2.50 bits per heavy atom. The summed E-state index contributed by atoms with van der Waals surface area (Å²) in [6.45, 7) is 13.3. The summed E-state index contributed by atoms with van der Waals surface area (Å²) in [6, 6.07) is 0. The highest BCUT2D eigenvalue weighted by atomic mass is 16.6. The molecular weight excluding hydrogens is 376 g/mol. The van der Waals surface area contributed by atoms with Gasteiger partial charge in [-0.3, -0.25) is 14.4 Å². The van der Waals surface area contributed by atoms with E-state index in [0.29, 0.717) is 12.2 Å². The van der Waals surface area contributed by atoms with Gasteiger partial charge in [0.15, 0.2) is 5.78 Å². The van der Waals surface area contributed by atoms with E-state index in [1.54, 1.807) is 13.0 Å². The molecule has 0 aromatic carbocycles. The van der Waals surface area contributed by atoms with Crippen LogP contribution in [0, 0.1) is 23.7 Å². The normalized spacial score (nSPS) is 36.6. The topological polar surface area (TPSA) is 63.7 Å². The fraction of sp³-hybridized carbons (Fsp3) is 0.577. The van der Waals surface area contributed by atoms with Gasteiger partial charge in [-0.05, 0) is 64.7 Å². The Hall–Kier alpha value is -2.07. The summed E-state index contributed by atoms with van der Waals surface area (Å²) in [5.41, 5.74) is 4.21. The number of ether oxygens (including phenoxy) is 1. The van der Waals surface area contributed by atoms with Crippen molar-refractivity contribution < 1.29 is 19.1 Å². The summed E-state index contributed by atoms with van der Waals surface area (Å²) >= 11 is 0. The van der Waals surface area contributed by atoms with Gasteiger partial charge in [-0.2, -0.15) is 0 Å². The van der Waals surface area contributed by atoms with Crippen molar-refractivity contribution in [3.8, 4) is 0 Å². The van der Waals surface area contributed by atoms with E-state index in [2.05, 4.69) is 19.1 Å². The number of allylic oxidation sites excluding steroid dienone is 6. The smallest absolute Gasteiger partial charge is 0.152 e. The van der Waals surface area contributed by atoms with Gasteiger partial charge in [0.05, 0.1) is 0 Å². The lowest BCUT2D eigenvalue weighted by Gasteiger charge is -2.42. The molecule has 3 rings (SSSR count). The number of epoxide rings is 1. The molecule has 4 heteroatoms. The molecule has 0 N–H and O–H groups in total. The van der Waals surface area contributed by atoms with Crippen LogP contribution in [0.2, 0.25) is 0 Å². The van der Waals surface area contributed by atoms with Crippen LogP contribution in [0.1, 0.15) is 61.3 Å². The van der Waals surface area contributed by atoms with Crippen LogP contribution in [0.25, 0.3) is 0 Å². The number of ketones is 3. The lowest BCUT2D eigenvalue weighted by molar-refractivity contribution is -0.129. The predicted molar refractivity (Wildman–Crippen MR) is 118 cm³/mol. The number of rotatable bonds is 6. The number of hydrogen-bond donors (Lipinski definition) is 0. The fourth-order valence-electron chi connectivity index (χ4n) is 5.36. The van der Waals surface area contributed by atoms with Crippen LogP contribution in [0.3, 0.4) is 0 Å². The van der Waals surface area contributed by atoms with Crippen molar-refractivity contribution in [3.63, 3.8) is 0 Å². The molecular formula is C26H34O4. The minimum atomic E-state index is -0.471. The summed E-state index contributed by atoms with van der Waals surface area (Å²) in [5, 5.41) is 0. The average molecular weight is 411 g/mol. The molecule has 6 atom stereocenters. The fourth-order valence-corrected chi connectivity index (χ4v) is 5.36. The van der Waals surface area contributed by atoms with Crippen molar-refractivity contribution in [1.29, 1.82) is 0 Å². The van der Waals surface area contributed by atoms with E-state index >= 15 is 0 Å². The van der Waals surface area contributed by atoms with E-state index in [1.165, 1.54) is 12.5 Å². The molecule has 0 aromatic heterocycles. The molecule has 0 spiro atoms. The largest absolute Gasteiger partial charge is 0.357 e. The maximum Gasteiger partial charge on any atom is 0.152 e. The van der Waals surface area contributed by atoms with Gasteiger partial charge in [-0.1, -0.05) is 42.7 Å². The van der Waals surface area contributed by atoms with Crippen LogP contribution in [0.5, 0.6) is 0 Å². The number of hydrogen-bond acceptors (Lipinski definition) is 4. The Morgan fingerprint density at radius 1 is 1.23 bits per heavy atom. The third-order valence-electron chi connectivity index (χ3n) is 6.92. The van der Waals surface area contributed by atoms with Crippen LogP contribution in [0.15, 0.2) is 46.6 Å². The summed E-state index contributed by atoms with van der Waals surface area (Å²) in [6.07, 6.45) is 8.94. The van der Waals surface area contributed by atoms with Gasteiger partial charge in [0.1, 0.15) is 23.3 Å². The standard InChI is InChI=1S/C26H34O4/c1-14-10-20-11-15(2)24(29)19(6)23(20)22(21(14)13-18(5)28)12-16(3)25-26(7,30-25)9-8-17(4)27/h8-10,12,15,19,22-23,25H,11,13H2,1-7H3/b9-8+,16-12+. The van der Waals surface area contributed by atoms with Gasteiger partial charge in [-0.25, -0.2) is 0 Å². The zero-order valence-electron chi connectivity index (χ0n) is 19.2. The van der Waals surface area contributed by atoms with Crippen molar-refractivity contribution in [3.05, 3.63) is 46.6 Å². The SMILES string of the molecule is CC(=O)/C=C/C1(C)OC1/C(C)=C/C1C(CC(C)=O)=C(C)C=C2CC(C)C(=O)C(C)C21. The molecule has 6 unspecified atom stereocenters. The molecule has 3 aliphatic rings. The first-order valence-electron chi connectivity index (χ1n) is 10.9. The lowest BCUT2D eigenvalue weighted by Crippen LogP contribution is -2.39. The molecule has 2 aliphatic carbocycles. The predicted octanol–water partition coefficient (Wildman–Crippen LogP) is 4.95. The van der Waals surface area contributed by atoms with Crippen molar-refractivity contribution >= 4 is 17.3 Å². The molecule has 0 aromatic rings. The molecule has 0 amide bonds. The van der Waals surface area contributed by atoms with Gasteiger partial charge in [0, 0.05) is 24.2 Å². The van der Waals surface area contributed by atoms with Crippen LogP contribution in [0.4, 0.5) is 0 Å². The highest BCUT2D eigenvalue weighted by Crippen LogP contribution is 2.49. The Balaban J connectivity index is 1.98. The number of carbonyl (C=O) groups is 3. The van der Waals surface area contributed by atoms with E-state index in [0.717, 1.165) is 23.1 Å². The zero-order valence-corrected chi connectivity index (χ0v) is 19.2. The molecule has 4 nitrogen and oxygen atoms in total. The van der Waals surface area contributed by atoms with E-state index in [4.69, 9.17) is 4.74 Å². The van der Waals surface area contributed by atoms with E-state index in [9.17, 15) is 14.4 Å². The summed E-state index contributed by atoms with van der Waals surface area (Å²) in [5.74, 6) is 0.532. The quantitative estimate of drug-likeness (QED) is 0.353. The Labute approximate surface area is 180 Å². The third kappa shape index (κ3) is 4.34. The van der Waals surface area contributed by atoms with Crippen molar-refractivity contribution in [2.45, 2.75) is 73.0 Å². The highest BCUT2D eigenvalue weighted by molar-refractivity contribution is 5.87. The monoisotopic (exact) mass is 410 g/mol. The van der Waals surface area contributed by atoms with E-state index in [-0.39, 0.29) is 41.3 Å². The number of Topliss-reactive ketones (excluding diaryl/α,β-unsaturated/α-hetero) is 2.